The third kappa shape index (κ3) is 2.81. The first-order valence-electron chi connectivity index (χ1n) is 9.80. The minimum absolute atomic E-state index is 0.470. The number of nitrogens with one attached hydrogen (secondary N) is 1. The van der Waals surface area contributed by atoms with Crippen LogP contribution in [0.4, 0.5) is 0 Å². The average molecular weight is 366 g/mol. The zero-order chi connectivity index (χ0) is 18.4. The summed E-state index contributed by atoms with van der Waals surface area (Å²) in [6, 6.07) is 4.08. The third-order valence-electron chi connectivity index (χ3n) is 6.32. The Morgan fingerprint density at radius 3 is 2.67 bits per heavy atom. The lowest BCUT2D eigenvalue weighted by Gasteiger charge is -2.23. The van der Waals surface area contributed by atoms with Gasteiger partial charge in [0.2, 0.25) is 0 Å². The molecule has 3 aliphatic heterocycles. The van der Waals surface area contributed by atoms with Gasteiger partial charge in [-0.15, -0.1) is 0 Å². The Bertz CT molecular complexity index is 844. The number of fused-ring (bicyclic) bond motifs is 5. The maximum Gasteiger partial charge on any atom is 0.193 e. The van der Waals surface area contributed by atoms with Crippen LogP contribution >= 0.6 is 0 Å². The average Bonchev–Trinajstić information content (AvgIpc) is 3.45. The van der Waals surface area contributed by atoms with Crippen LogP contribution in [0.3, 0.4) is 0 Å². The van der Waals surface area contributed by atoms with Gasteiger partial charge in [-0.1, -0.05) is 6.07 Å². The van der Waals surface area contributed by atoms with E-state index in [4.69, 9.17) is 4.74 Å². The van der Waals surface area contributed by atoms with Gasteiger partial charge in [-0.25, -0.2) is 9.97 Å². The number of guanidine groups is 1. The molecule has 7 heteroatoms. The Kier molecular flexibility index (Phi) is 4.11. The molecule has 2 bridgehead atoms. The number of hydrogen-bond donors (Lipinski definition) is 1. The Hall–Kier alpha value is -2.41. The molecule has 5 heterocycles. The first kappa shape index (κ1) is 16.7. The van der Waals surface area contributed by atoms with Gasteiger partial charge in [0.1, 0.15) is 11.6 Å². The maximum absolute atomic E-state index is 6.09. The van der Waals surface area contributed by atoms with Crippen LogP contribution in [0.5, 0.6) is 0 Å². The summed E-state index contributed by atoms with van der Waals surface area (Å²) in [5.74, 6) is 4.16. The van der Waals surface area contributed by atoms with E-state index >= 15 is 0 Å². The maximum atomic E-state index is 6.09. The van der Waals surface area contributed by atoms with E-state index in [0.29, 0.717) is 30.6 Å². The zero-order valence-corrected chi connectivity index (χ0v) is 15.9. The SMILES string of the molecule is CN=C(NCc1cccnc1-n1ccnc1C)N1CC2C3CCC(O3)C2C1. The number of aliphatic imine (C=N–C) groups is 1. The molecule has 3 aliphatic rings. The lowest BCUT2D eigenvalue weighted by molar-refractivity contribution is 0.0767. The van der Waals surface area contributed by atoms with Crippen LogP contribution in [0, 0.1) is 18.8 Å². The third-order valence-corrected chi connectivity index (χ3v) is 6.32. The quantitative estimate of drug-likeness (QED) is 0.662. The Balaban J connectivity index is 1.30. The first-order chi connectivity index (χ1) is 13.2. The molecule has 5 rings (SSSR count). The van der Waals surface area contributed by atoms with E-state index in [9.17, 15) is 0 Å². The highest BCUT2D eigenvalue weighted by atomic mass is 16.5. The zero-order valence-electron chi connectivity index (χ0n) is 15.9. The highest BCUT2D eigenvalue weighted by Crippen LogP contribution is 2.47. The number of pyridine rings is 1. The molecule has 2 aromatic rings. The molecule has 27 heavy (non-hydrogen) atoms. The summed E-state index contributed by atoms with van der Waals surface area (Å²) < 4.78 is 8.12. The molecule has 2 aromatic heterocycles. The van der Waals surface area contributed by atoms with Crippen molar-refractivity contribution in [1.29, 1.82) is 0 Å². The van der Waals surface area contributed by atoms with E-state index in [2.05, 4.69) is 31.2 Å². The number of aryl methyl sites for hydroxylation is 1. The lowest BCUT2D eigenvalue weighted by Crippen LogP contribution is -2.41. The van der Waals surface area contributed by atoms with Crippen molar-refractivity contribution in [2.45, 2.75) is 38.5 Å². The minimum atomic E-state index is 0.470. The highest BCUT2D eigenvalue weighted by Gasteiger charge is 2.53. The van der Waals surface area contributed by atoms with Gasteiger partial charge < -0.3 is 15.0 Å². The summed E-state index contributed by atoms with van der Waals surface area (Å²) in [6.45, 7) is 4.77. The van der Waals surface area contributed by atoms with Crippen molar-refractivity contribution in [3.63, 3.8) is 0 Å². The van der Waals surface area contributed by atoms with Crippen LogP contribution in [-0.2, 0) is 11.3 Å². The number of hydrogen-bond acceptors (Lipinski definition) is 4. The second kappa shape index (κ2) is 6.64. The van der Waals surface area contributed by atoms with Crippen LogP contribution in [0.15, 0.2) is 35.7 Å². The molecule has 0 spiro atoms. The molecule has 4 unspecified atom stereocenters. The Morgan fingerprint density at radius 2 is 2.00 bits per heavy atom. The molecule has 0 aliphatic carbocycles. The second-order valence-corrected chi connectivity index (χ2v) is 7.75. The normalized spacial score (nSPS) is 29.4. The molecule has 7 nitrogen and oxygen atoms in total. The monoisotopic (exact) mass is 366 g/mol. The molecular weight excluding hydrogens is 340 g/mol. The van der Waals surface area contributed by atoms with Gasteiger partial charge >= 0.3 is 0 Å². The number of rotatable bonds is 3. The number of ether oxygens (including phenoxy) is 1. The molecule has 0 aromatic carbocycles. The van der Waals surface area contributed by atoms with Crippen molar-refractivity contribution < 1.29 is 4.74 Å². The molecule has 1 N–H and O–H groups in total. The molecule has 0 amide bonds. The second-order valence-electron chi connectivity index (χ2n) is 7.75. The number of likely N-dealkylation sites (tertiary alicyclic amines) is 1. The van der Waals surface area contributed by atoms with Crippen molar-refractivity contribution in [2.75, 3.05) is 20.1 Å². The van der Waals surface area contributed by atoms with Crippen molar-refractivity contribution in [2.24, 2.45) is 16.8 Å². The summed E-state index contributed by atoms with van der Waals surface area (Å²) in [4.78, 5) is 15.8. The molecule has 4 atom stereocenters. The highest BCUT2D eigenvalue weighted by molar-refractivity contribution is 5.80. The van der Waals surface area contributed by atoms with E-state index in [1.54, 1.807) is 6.20 Å². The van der Waals surface area contributed by atoms with Gasteiger partial charge in [-0.3, -0.25) is 9.56 Å². The van der Waals surface area contributed by atoms with Crippen molar-refractivity contribution in [3.8, 4) is 5.82 Å². The van der Waals surface area contributed by atoms with Gasteiger partial charge in [0.05, 0.1) is 12.2 Å². The van der Waals surface area contributed by atoms with E-state index in [-0.39, 0.29) is 0 Å². The number of imidazole rings is 1. The van der Waals surface area contributed by atoms with E-state index in [0.717, 1.165) is 36.3 Å². The molecular formula is C20H26N6O. The predicted molar refractivity (Wildman–Crippen MR) is 103 cm³/mol. The molecule has 0 saturated carbocycles. The molecule has 0 radical (unpaired) electrons. The van der Waals surface area contributed by atoms with Crippen LogP contribution in [-0.4, -0.2) is 57.7 Å². The summed E-state index contributed by atoms with van der Waals surface area (Å²) in [5, 5.41) is 3.55. The van der Waals surface area contributed by atoms with Gasteiger partial charge in [0.15, 0.2) is 5.96 Å². The largest absolute Gasteiger partial charge is 0.374 e. The van der Waals surface area contributed by atoms with Gasteiger partial charge in [-0.2, -0.15) is 0 Å². The molecule has 3 saturated heterocycles. The van der Waals surface area contributed by atoms with Crippen molar-refractivity contribution in [1.82, 2.24) is 24.8 Å². The number of aromatic nitrogens is 3. The standard InChI is InChI=1S/C20H26N6O/c1-13-22-8-9-26(13)19-14(4-3-7-23-19)10-24-20(21-2)25-11-15-16(12-25)18-6-5-17(15)27-18/h3-4,7-9,15-18H,5-6,10-12H2,1-2H3,(H,21,24). The fraction of sp³-hybridized carbons (Fsp3) is 0.550. The molecule has 142 valence electrons. The van der Waals surface area contributed by atoms with E-state index in [1.165, 1.54) is 12.8 Å². The predicted octanol–water partition coefficient (Wildman–Crippen LogP) is 1.76. The van der Waals surface area contributed by atoms with E-state index in [1.807, 2.05) is 37.0 Å². The van der Waals surface area contributed by atoms with Crippen LogP contribution < -0.4 is 5.32 Å². The smallest absolute Gasteiger partial charge is 0.193 e. The van der Waals surface area contributed by atoms with Crippen molar-refractivity contribution >= 4 is 5.96 Å². The minimum Gasteiger partial charge on any atom is -0.374 e. The van der Waals surface area contributed by atoms with Gasteiger partial charge in [0, 0.05) is 62.7 Å². The van der Waals surface area contributed by atoms with Crippen molar-refractivity contribution in [3.05, 3.63) is 42.1 Å². The van der Waals surface area contributed by atoms with Crippen LogP contribution in [0.2, 0.25) is 0 Å². The first-order valence-corrected chi connectivity index (χ1v) is 9.80. The topological polar surface area (TPSA) is 67.6 Å². The van der Waals surface area contributed by atoms with Crippen LogP contribution in [0.25, 0.3) is 5.82 Å². The summed E-state index contributed by atoms with van der Waals surface area (Å²) in [6.07, 6.45) is 8.98. The molecule has 3 fully saturated rings. The summed E-state index contributed by atoms with van der Waals surface area (Å²) in [5.41, 5.74) is 1.13. The Labute approximate surface area is 159 Å². The fourth-order valence-corrected chi connectivity index (χ4v) is 5.03. The Morgan fingerprint density at radius 1 is 1.22 bits per heavy atom. The van der Waals surface area contributed by atoms with Gasteiger partial charge in [-0.05, 0) is 25.8 Å². The fourth-order valence-electron chi connectivity index (χ4n) is 5.03. The number of nitrogens with zero attached hydrogens (tertiary/aromatic N) is 5. The summed E-state index contributed by atoms with van der Waals surface area (Å²) in [7, 11) is 1.87. The summed E-state index contributed by atoms with van der Waals surface area (Å²) >= 11 is 0. The van der Waals surface area contributed by atoms with Crippen LogP contribution in [0.1, 0.15) is 24.2 Å². The van der Waals surface area contributed by atoms with E-state index < -0.39 is 0 Å². The van der Waals surface area contributed by atoms with Gasteiger partial charge in [0.25, 0.3) is 0 Å². The lowest BCUT2D eigenvalue weighted by atomic mass is 9.82.